The largest absolute Gasteiger partial charge is 0.179 e. The molecular weight excluding hydrogens is 773 g/mol. The number of rotatable bonds is 7. The lowest BCUT2D eigenvalue weighted by Gasteiger charge is -2.34. The van der Waals surface area contributed by atoms with Gasteiger partial charge in [0.2, 0.25) is 0 Å². The molecule has 0 amide bonds. The van der Waals surface area contributed by atoms with Crippen LogP contribution in [0.5, 0.6) is 0 Å². The summed E-state index contributed by atoms with van der Waals surface area (Å²) in [7, 11) is -2.68. The van der Waals surface area contributed by atoms with Crippen molar-refractivity contribution >= 4 is 93.5 Å². The third-order valence-electron chi connectivity index (χ3n) is 13.9. The molecule has 13 rings (SSSR count). The Hall–Kier alpha value is -7.84. The van der Waals surface area contributed by atoms with Gasteiger partial charge in [0.1, 0.15) is 0 Å². The molecule has 0 nitrogen and oxygen atoms in total. The van der Waals surface area contributed by atoms with Gasteiger partial charge < -0.3 is 0 Å². The lowest BCUT2D eigenvalue weighted by Crippen LogP contribution is -2.74. The number of hydrogen-bond donors (Lipinski definition) is 0. The minimum Gasteiger partial charge on any atom is -0.0623 e. The Bertz CT molecular complexity index is 3520. The first-order valence-electron chi connectivity index (χ1n) is 22.0. The molecule has 0 aliphatic rings. The van der Waals surface area contributed by atoms with Gasteiger partial charge in [-0.25, -0.2) is 0 Å². The molecule has 0 atom stereocenters. The highest BCUT2D eigenvalue weighted by Crippen LogP contribution is 2.44. The molecule has 0 fully saturated rings. The van der Waals surface area contributed by atoms with Crippen LogP contribution in [-0.2, 0) is 0 Å². The Morgan fingerprint density at radius 2 is 0.540 bits per heavy atom. The van der Waals surface area contributed by atoms with E-state index in [2.05, 4.69) is 243 Å². The average molecular weight is 813 g/mol. The standard InChI is InChI=1S/C62H40Si/c1-4-16-51(17-5-1)63(52-18-6-2-7-19-52,53-20-8-3-9-21-53)54-32-26-41(27-33-54)48-38-49(55-34-28-46-24-22-42-12-10-14-44-30-36-57(55)61(46)59(42)44)40-50(39-48)56-35-29-47-25-23-43-13-11-15-45-31-37-58(56)62(47)60(43)45/h1-40H. The van der Waals surface area contributed by atoms with Crippen molar-refractivity contribution in [2.45, 2.75) is 0 Å². The zero-order valence-electron chi connectivity index (χ0n) is 34.6. The maximum Gasteiger partial charge on any atom is 0.179 e. The van der Waals surface area contributed by atoms with E-state index in [0.717, 1.165) is 0 Å². The van der Waals surface area contributed by atoms with Crippen LogP contribution in [0.1, 0.15) is 0 Å². The minimum atomic E-state index is -2.68. The highest BCUT2D eigenvalue weighted by atomic mass is 28.3. The van der Waals surface area contributed by atoms with E-state index in [-0.39, 0.29) is 0 Å². The summed E-state index contributed by atoms with van der Waals surface area (Å²) >= 11 is 0. The molecule has 0 bridgehead atoms. The van der Waals surface area contributed by atoms with Crippen LogP contribution in [0.3, 0.4) is 0 Å². The smallest absolute Gasteiger partial charge is 0.0623 e. The summed E-state index contributed by atoms with van der Waals surface area (Å²) in [6.45, 7) is 0. The molecule has 0 heterocycles. The summed E-state index contributed by atoms with van der Waals surface area (Å²) in [5.41, 5.74) is 7.35. The summed E-state index contributed by atoms with van der Waals surface area (Å²) in [4.78, 5) is 0. The predicted octanol–water partition coefficient (Wildman–Crippen LogP) is 13.9. The van der Waals surface area contributed by atoms with Gasteiger partial charge in [-0.2, -0.15) is 0 Å². The van der Waals surface area contributed by atoms with E-state index in [4.69, 9.17) is 0 Å². The van der Waals surface area contributed by atoms with Gasteiger partial charge >= 0.3 is 0 Å². The first-order chi connectivity index (χ1) is 31.2. The fraction of sp³-hybridized carbons (Fsp3) is 0. The number of hydrogen-bond acceptors (Lipinski definition) is 0. The normalized spacial score (nSPS) is 12.1. The van der Waals surface area contributed by atoms with Crippen molar-refractivity contribution in [3.05, 3.63) is 243 Å². The maximum absolute atomic E-state index is 2.68. The average Bonchev–Trinajstić information content (AvgIpc) is 3.36. The van der Waals surface area contributed by atoms with Gasteiger partial charge in [-0.3, -0.25) is 0 Å². The second-order valence-electron chi connectivity index (χ2n) is 17.2. The summed E-state index contributed by atoms with van der Waals surface area (Å²) in [5.74, 6) is 0. The summed E-state index contributed by atoms with van der Waals surface area (Å²) in [6, 6.07) is 91.6. The molecule has 63 heavy (non-hydrogen) atoms. The first-order valence-corrected chi connectivity index (χ1v) is 24.0. The van der Waals surface area contributed by atoms with Crippen molar-refractivity contribution in [3.8, 4) is 33.4 Å². The van der Waals surface area contributed by atoms with Gasteiger partial charge in [-0.05, 0) is 137 Å². The van der Waals surface area contributed by atoms with Crippen LogP contribution in [0.25, 0.3) is 98.0 Å². The predicted molar refractivity (Wildman–Crippen MR) is 274 cm³/mol. The monoisotopic (exact) mass is 812 g/mol. The van der Waals surface area contributed by atoms with E-state index >= 15 is 0 Å². The molecule has 292 valence electrons. The number of benzene rings is 13. The lowest BCUT2D eigenvalue weighted by molar-refractivity contribution is 1.60. The van der Waals surface area contributed by atoms with Crippen molar-refractivity contribution in [2.75, 3.05) is 0 Å². The third-order valence-corrected chi connectivity index (χ3v) is 18.7. The van der Waals surface area contributed by atoms with E-state index in [1.54, 1.807) is 0 Å². The molecule has 0 radical (unpaired) electrons. The quantitative estimate of drug-likeness (QED) is 0.0854. The van der Waals surface area contributed by atoms with Crippen LogP contribution in [0.15, 0.2) is 243 Å². The van der Waals surface area contributed by atoms with Crippen molar-refractivity contribution in [1.82, 2.24) is 0 Å². The Morgan fingerprint density at radius 3 is 0.952 bits per heavy atom. The molecule has 0 spiro atoms. The van der Waals surface area contributed by atoms with Crippen molar-refractivity contribution in [3.63, 3.8) is 0 Å². The van der Waals surface area contributed by atoms with E-state index in [1.807, 2.05) is 0 Å². The van der Waals surface area contributed by atoms with E-state index < -0.39 is 8.07 Å². The summed E-state index contributed by atoms with van der Waals surface area (Å²) in [5, 5.41) is 21.1. The molecule has 0 aliphatic carbocycles. The van der Waals surface area contributed by atoms with E-state index in [1.165, 1.54) is 119 Å². The Morgan fingerprint density at radius 1 is 0.206 bits per heavy atom. The van der Waals surface area contributed by atoms with Crippen LogP contribution < -0.4 is 20.7 Å². The highest BCUT2D eigenvalue weighted by molar-refractivity contribution is 7.19. The Labute approximate surface area is 367 Å². The van der Waals surface area contributed by atoms with Gasteiger partial charge in [0.05, 0.1) is 0 Å². The van der Waals surface area contributed by atoms with Gasteiger partial charge in [-0.15, -0.1) is 0 Å². The molecule has 0 unspecified atom stereocenters. The van der Waals surface area contributed by atoms with Crippen molar-refractivity contribution < 1.29 is 0 Å². The fourth-order valence-corrected chi connectivity index (χ4v) is 15.8. The summed E-state index contributed by atoms with van der Waals surface area (Å²) < 4.78 is 0. The molecular formula is C62H40Si. The SMILES string of the molecule is c1ccc([Si](c2ccccc2)(c2ccccc2)c2ccc(-c3cc(-c4ccc5ccc6cccc7ccc4c5c67)cc(-c4ccc5ccc6cccc7ccc4c5c67)c3)cc2)cc1. The van der Waals surface area contributed by atoms with E-state index in [9.17, 15) is 0 Å². The van der Waals surface area contributed by atoms with Crippen molar-refractivity contribution in [2.24, 2.45) is 0 Å². The van der Waals surface area contributed by atoms with Crippen LogP contribution in [-0.4, -0.2) is 8.07 Å². The second-order valence-corrected chi connectivity index (χ2v) is 21.0. The third kappa shape index (κ3) is 5.47. The van der Waals surface area contributed by atoms with Gasteiger partial charge in [0, 0.05) is 0 Å². The molecule has 0 saturated heterocycles. The lowest BCUT2D eigenvalue weighted by atomic mass is 9.86. The first kappa shape index (κ1) is 35.9. The van der Waals surface area contributed by atoms with Crippen molar-refractivity contribution in [1.29, 1.82) is 0 Å². The van der Waals surface area contributed by atoms with Crippen LogP contribution in [0.4, 0.5) is 0 Å². The topological polar surface area (TPSA) is 0 Å². The van der Waals surface area contributed by atoms with Crippen LogP contribution >= 0.6 is 0 Å². The van der Waals surface area contributed by atoms with Crippen LogP contribution in [0, 0.1) is 0 Å². The van der Waals surface area contributed by atoms with Gasteiger partial charge in [-0.1, -0.05) is 224 Å². The Balaban J connectivity index is 1.05. The maximum atomic E-state index is 2.44. The molecule has 13 aromatic rings. The molecule has 1 heteroatoms. The zero-order valence-corrected chi connectivity index (χ0v) is 35.6. The fourth-order valence-electron chi connectivity index (χ4n) is 11.1. The Kier molecular flexibility index (Phi) is 8.03. The summed E-state index contributed by atoms with van der Waals surface area (Å²) in [6.07, 6.45) is 0. The molecule has 13 aromatic carbocycles. The van der Waals surface area contributed by atoms with Gasteiger partial charge in [0.15, 0.2) is 8.07 Å². The minimum absolute atomic E-state index is 1.20. The molecule has 0 N–H and O–H groups in total. The molecule has 0 aliphatic heterocycles. The molecule has 0 saturated carbocycles. The zero-order chi connectivity index (χ0) is 41.5. The molecule has 0 aromatic heterocycles. The van der Waals surface area contributed by atoms with E-state index in [0.29, 0.717) is 0 Å². The highest BCUT2D eigenvalue weighted by Gasteiger charge is 2.41. The van der Waals surface area contributed by atoms with Crippen LogP contribution in [0.2, 0.25) is 0 Å². The van der Waals surface area contributed by atoms with Gasteiger partial charge in [0.25, 0.3) is 0 Å². The second kappa shape index (κ2) is 14.1.